The molecule has 0 heterocycles. The monoisotopic (exact) mass is 376 g/mol. The Hall–Kier alpha value is -0.980. The summed E-state index contributed by atoms with van der Waals surface area (Å²) < 4.78 is 39.6. The molecule has 2 rings (SSSR count). The van der Waals surface area contributed by atoms with E-state index in [2.05, 4.69) is 15.9 Å². The zero-order chi connectivity index (χ0) is 15.5. The average molecular weight is 377 g/mol. The third-order valence-electron chi connectivity index (χ3n) is 2.83. The van der Waals surface area contributed by atoms with Crippen LogP contribution in [0.1, 0.15) is 17.2 Å². The van der Waals surface area contributed by atoms with Crippen molar-refractivity contribution in [2.75, 3.05) is 5.75 Å². The van der Waals surface area contributed by atoms with Gasteiger partial charge >= 0.3 is 6.18 Å². The normalized spacial score (nSPS) is 13.2. The Labute approximate surface area is 133 Å². The average Bonchev–Trinajstić information content (AvgIpc) is 2.44. The van der Waals surface area contributed by atoms with Gasteiger partial charge in [-0.25, -0.2) is 0 Å². The van der Waals surface area contributed by atoms with Crippen molar-refractivity contribution in [3.05, 3.63) is 64.1 Å². The zero-order valence-corrected chi connectivity index (χ0v) is 13.2. The minimum absolute atomic E-state index is 0.0903. The number of hydrogen-bond acceptors (Lipinski definition) is 2. The number of alkyl halides is 3. The zero-order valence-electron chi connectivity index (χ0n) is 10.8. The van der Waals surface area contributed by atoms with Crippen LogP contribution in [0.3, 0.4) is 0 Å². The topological polar surface area (TPSA) is 20.2 Å². The highest BCUT2D eigenvalue weighted by Crippen LogP contribution is 2.36. The number of halogens is 4. The summed E-state index contributed by atoms with van der Waals surface area (Å²) in [5.41, 5.74) is -0.875. The first-order valence-corrected chi connectivity index (χ1v) is 7.88. The van der Waals surface area contributed by atoms with Gasteiger partial charge in [-0.3, -0.25) is 0 Å². The molecule has 0 aliphatic rings. The van der Waals surface area contributed by atoms with Crippen LogP contribution in [-0.2, 0) is 6.18 Å². The van der Waals surface area contributed by atoms with Gasteiger partial charge in [0.15, 0.2) is 0 Å². The van der Waals surface area contributed by atoms with Crippen LogP contribution in [0.4, 0.5) is 13.2 Å². The molecule has 0 saturated carbocycles. The van der Waals surface area contributed by atoms with Crippen molar-refractivity contribution in [2.45, 2.75) is 17.2 Å². The highest BCUT2D eigenvalue weighted by atomic mass is 79.9. The molecule has 21 heavy (non-hydrogen) atoms. The molecule has 0 amide bonds. The van der Waals surface area contributed by atoms with Crippen LogP contribution in [0.2, 0.25) is 0 Å². The third-order valence-corrected chi connectivity index (χ3v) is 4.39. The second kappa shape index (κ2) is 6.85. The first-order valence-electron chi connectivity index (χ1n) is 6.10. The second-order valence-corrected chi connectivity index (χ2v) is 6.38. The van der Waals surface area contributed by atoms with Crippen molar-refractivity contribution in [2.24, 2.45) is 0 Å². The van der Waals surface area contributed by atoms with Gasteiger partial charge in [-0.2, -0.15) is 13.2 Å². The first-order chi connectivity index (χ1) is 9.88. The van der Waals surface area contributed by atoms with E-state index in [1.807, 2.05) is 24.3 Å². The molecule has 6 heteroatoms. The Balaban J connectivity index is 2.12. The Morgan fingerprint density at radius 3 is 2.48 bits per heavy atom. The summed E-state index contributed by atoms with van der Waals surface area (Å²) in [4.78, 5) is 0.882. The molecule has 0 radical (unpaired) electrons. The van der Waals surface area contributed by atoms with Crippen LogP contribution in [0.15, 0.2) is 57.9 Å². The summed E-state index contributed by atoms with van der Waals surface area (Å²) >= 11 is 4.64. The lowest BCUT2D eigenvalue weighted by molar-refractivity contribution is -0.139. The molecule has 1 nitrogen and oxygen atoms in total. The third kappa shape index (κ3) is 4.49. The minimum atomic E-state index is -4.46. The minimum Gasteiger partial charge on any atom is -0.388 e. The van der Waals surface area contributed by atoms with Gasteiger partial charge in [0.1, 0.15) is 0 Å². The summed E-state index contributed by atoms with van der Waals surface area (Å²) in [7, 11) is 0. The van der Waals surface area contributed by atoms with E-state index >= 15 is 0 Å². The predicted molar refractivity (Wildman–Crippen MR) is 81.3 cm³/mol. The van der Waals surface area contributed by atoms with Crippen molar-refractivity contribution < 1.29 is 18.3 Å². The number of aliphatic hydroxyl groups excluding tert-OH is 1. The predicted octanol–water partition coefficient (Wildman–Crippen LogP) is 5.29. The lowest BCUT2D eigenvalue weighted by atomic mass is 10.0. The molecule has 0 aliphatic carbocycles. The van der Waals surface area contributed by atoms with Gasteiger partial charge in [0.25, 0.3) is 0 Å². The Bertz CT molecular complexity index is 616. The molecule has 2 aromatic rings. The van der Waals surface area contributed by atoms with E-state index in [0.717, 1.165) is 15.4 Å². The molecule has 0 spiro atoms. The van der Waals surface area contributed by atoms with Crippen LogP contribution >= 0.6 is 27.7 Å². The maximum atomic E-state index is 12.9. The van der Waals surface area contributed by atoms with E-state index < -0.39 is 17.8 Å². The summed E-state index contributed by atoms with van der Waals surface area (Å²) in [5, 5.41) is 10.1. The van der Waals surface area contributed by atoms with Crippen LogP contribution < -0.4 is 0 Å². The molecule has 2 aromatic carbocycles. The number of benzene rings is 2. The molecule has 0 bridgehead atoms. The van der Waals surface area contributed by atoms with Gasteiger partial charge in [-0.05, 0) is 29.8 Å². The van der Waals surface area contributed by atoms with E-state index in [1.165, 1.54) is 30.0 Å². The number of rotatable bonds is 4. The molecule has 1 atom stereocenters. The van der Waals surface area contributed by atoms with Gasteiger partial charge in [-0.1, -0.05) is 40.2 Å². The van der Waals surface area contributed by atoms with Gasteiger partial charge < -0.3 is 5.11 Å². The Morgan fingerprint density at radius 2 is 1.81 bits per heavy atom. The highest BCUT2D eigenvalue weighted by Gasteiger charge is 2.34. The Morgan fingerprint density at radius 1 is 1.10 bits per heavy atom. The maximum absolute atomic E-state index is 12.9. The van der Waals surface area contributed by atoms with Crippen LogP contribution in [0.5, 0.6) is 0 Å². The molecular weight excluding hydrogens is 365 g/mol. The van der Waals surface area contributed by atoms with Crippen LogP contribution in [0, 0.1) is 0 Å². The standard InChI is InChI=1S/C15H12BrF3OS/c16-10-4-3-5-11(8-10)21-9-14(20)12-6-1-2-7-13(12)15(17,18)19/h1-8,14,20H,9H2. The second-order valence-electron chi connectivity index (χ2n) is 4.37. The fourth-order valence-electron chi connectivity index (χ4n) is 1.87. The molecule has 0 aliphatic heterocycles. The van der Waals surface area contributed by atoms with Gasteiger partial charge in [0, 0.05) is 15.1 Å². The first kappa shape index (κ1) is 16.4. The van der Waals surface area contributed by atoms with E-state index in [1.54, 1.807) is 0 Å². The van der Waals surface area contributed by atoms with Crippen molar-refractivity contribution in [3.63, 3.8) is 0 Å². The van der Waals surface area contributed by atoms with Crippen molar-refractivity contribution in [3.8, 4) is 0 Å². The van der Waals surface area contributed by atoms with Crippen LogP contribution in [-0.4, -0.2) is 10.9 Å². The number of thioether (sulfide) groups is 1. The lowest BCUT2D eigenvalue weighted by Crippen LogP contribution is -2.13. The summed E-state index contributed by atoms with van der Waals surface area (Å²) in [6.45, 7) is 0. The molecule has 1 N–H and O–H groups in total. The Kier molecular flexibility index (Phi) is 5.35. The SMILES string of the molecule is OC(CSc1cccc(Br)c1)c1ccccc1C(F)(F)F. The fourth-order valence-corrected chi connectivity index (χ4v) is 3.33. The molecule has 0 saturated heterocycles. The molecule has 1 unspecified atom stereocenters. The van der Waals surface area contributed by atoms with E-state index in [0.29, 0.717) is 0 Å². The van der Waals surface area contributed by atoms with Crippen molar-refractivity contribution in [1.82, 2.24) is 0 Å². The molecular formula is C15H12BrF3OS. The summed E-state index contributed by atoms with van der Waals surface area (Å²) in [6, 6.07) is 12.5. The van der Waals surface area contributed by atoms with E-state index in [9.17, 15) is 18.3 Å². The van der Waals surface area contributed by atoms with E-state index in [4.69, 9.17) is 0 Å². The van der Waals surface area contributed by atoms with Gasteiger partial charge in [-0.15, -0.1) is 11.8 Å². The fraction of sp³-hybridized carbons (Fsp3) is 0.200. The van der Waals surface area contributed by atoms with Gasteiger partial charge in [0.05, 0.1) is 11.7 Å². The quantitative estimate of drug-likeness (QED) is 0.731. The maximum Gasteiger partial charge on any atom is 0.416 e. The van der Waals surface area contributed by atoms with Gasteiger partial charge in [0.2, 0.25) is 0 Å². The van der Waals surface area contributed by atoms with Crippen molar-refractivity contribution in [1.29, 1.82) is 0 Å². The van der Waals surface area contributed by atoms with Crippen LogP contribution in [0.25, 0.3) is 0 Å². The molecule has 0 fully saturated rings. The van der Waals surface area contributed by atoms with Crippen molar-refractivity contribution >= 4 is 27.7 Å². The molecule has 0 aromatic heterocycles. The number of aliphatic hydroxyl groups is 1. The largest absolute Gasteiger partial charge is 0.416 e. The summed E-state index contributed by atoms with van der Waals surface area (Å²) in [6.07, 6.45) is -5.63. The van der Waals surface area contributed by atoms with E-state index in [-0.39, 0.29) is 11.3 Å². The molecule has 112 valence electrons. The summed E-state index contributed by atoms with van der Waals surface area (Å²) in [5.74, 6) is 0.156. The highest BCUT2D eigenvalue weighted by molar-refractivity contribution is 9.10. The smallest absolute Gasteiger partial charge is 0.388 e. The lowest BCUT2D eigenvalue weighted by Gasteiger charge is -2.17. The number of hydrogen-bond donors (Lipinski definition) is 1.